The molecule has 0 bridgehead atoms. The van der Waals surface area contributed by atoms with Crippen molar-refractivity contribution >= 4 is 6.03 Å². The van der Waals surface area contributed by atoms with Gasteiger partial charge in [-0.2, -0.15) is 5.10 Å². The first-order chi connectivity index (χ1) is 11.3. The van der Waals surface area contributed by atoms with E-state index < -0.39 is 0 Å². The predicted octanol–water partition coefficient (Wildman–Crippen LogP) is 1.89. The molecule has 1 aliphatic rings. The quantitative estimate of drug-likeness (QED) is 0.885. The fraction of sp³-hybridized carbons (Fsp3) is 0.412. The Balaban J connectivity index is 1.62. The Morgan fingerprint density at radius 1 is 1.22 bits per heavy atom. The molecule has 6 nitrogen and oxygen atoms in total. The van der Waals surface area contributed by atoms with Crippen LogP contribution in [0.1, 0.15) is 18.9 Å². The van der Waals surface area contributed by atoms with E-state index in [0.717, 1.165) is 37.2 Å². The summed E-state index contributed by atoms with van der Waals surface area (Å²) in [5, 5.41) is 17.0. The highest BCUT2D eigenvalue weighted by atomic mass is 16.3. The number of hydrogen-bond acceptors (Lipinski definition) is 3. The minimum atomic E-state index is -0.265. The van der Waals surface area contributed by atoms with Crippen LogP contribution in [-0.2, 0) is 0 Å². The van der Waals surface area contributed by atoms with Crippen molar-refractivity contribution in [2.45, 2.75) is 18.9 Å². The largest absolute Gasteiger partial charge is 0.394 e. The minimum absolute atomic E-state index is 0.0589. The van der Waals surface area contributed by atoms with Crippen molar-refractivity contribution in [2.24, 2.45) is 0 Å². The molecule has 1 aliphatic heterocycles. The van der Waals surface area contributed by atoms with E-state index in [2.05, 4.69) is 10.4 Å². The van der Waals surface area contributed by atoms with Gasteiger partial charge in [0.25, 0.3) is 0 Å². The molecule has 2 amide bonds. The maximum absolute atomic E-state index is 12.0. The summed E-state index contributed by atoms with van der Waals surface area (Å²) in [6.45, 7) is 1.92. The molecule has 0 spiro atoms. The summed E-state index contributed by atoms with van der Waals surface area (Å²) >= 11 is 0. The Morgan fingerprint density at radius 2 is 1.96 bits per heavy atom. The third-order valence-corrected chi connectivity index (χ3v) is 4.14. The molecular weight excluding hydrogens is 292 g/mol. The number of benzene rings is 1. The lowest BCUT2D eigenvalue weighted by atomic mass is 10.2. The number of nitrogens with zero attached hydrogens (tertiary/aromatic N) is 3. The number of hydrogen-bond donors (Lipinski definition) is 2. The molecule has 1 aromatic carbocycles. The van der Waals surface area contributed by atoms with Crippen LogP contribution in [0, 0.1) is 0 Å². The lowest BCUT2D eigenvalue weighted by Gasteiger charge is -2.20. The summed E-state index contributed by atoms with van der Waals surface area (Å²) in [5.41, 5.74) is 1.89. The first kappa shape index (κ1) is 15.6. The van der Waals surface area contributed by atoms with Crippen LogP contribution in [0.2, 0.25) is 0 Å². The highest BCUT2D eigenvalue weighted by Crippen LogP contribution is 2.17. The van der Waals surface area contributed by atoms with Gasteiger partial charge in [-0.15, -0.1) is 0 Å². The maximum Gasteiger partial charge on any atom is 0.317 e. The lowest BCUT2D eigenvalue weighted by molar-refractivity contribution is 0.193. The molecule has 122 valence electrons. The van der Waals surface area contributed by atoms with E-state index in [-0.39, 0.29) is 18.7 Å². The van der Waals surface area contributed by atoms with Crippen LogP contribution in [0.3, 0.4) is 0 Å². The average Bonchev–Trinajstić information content (AvgIpc) is 3.28. The van der Waals surface area contributed by atoms with Crippen molar-refractivity contribution in [1.29, 1.82) is 0 Å². The lowest BCUT2D eigenvalue weighted by Crippen LogP contribution is -2.41. The molecular formula is C17H22N4O2. The molecule has 1 fully saturated rings. The predicted molar refractivity (Wildman–Crippen MR) is 88.0 cm³/mol. The second-order valence-electron chi connectivity index (χ2n) is 5.76. The summed E-state index contributed by atoms with van der Waals surface area (Å²) in [4.78, 5) is 13.8. The second kappa shape index (κ2) is 7.28. The summed E-state index contributed by atoms with van der Waals surface area (Å²) in [5.74, 6) is 0. The molecule has 1 saturated heterocycles. The molecule has 2 N–H and O–H groups in total. The Labute approximate surface area is 135 Å². The van der Waals surface area contributed by atoms with Crippen LogP contribution >= 0.6 is 0 Å². The first-order valence-corrected chi connectivity index (χ1v) is 8.02. The van der Waals surface area contributed by atoms with Crippen molar-refractivity contribution in [1.82, 2.24) is 20.0 Å². The fourth-order valence-electron chi connectivity index (χ4n) is 2.78. The van der Waals surface area contributed by atoms with Gasteiger partial charge in [0, 0.05) is 31.4 Å². The topological polar surface area (TPSA) is 70.4 Å². The molecule has 3 rings (SSSR count). The minimum Gasteiger partial charge on any atom is -0.394 e. The highest BCUT2D eigenvalue weighted by molar-refractivity contribution is 5.74. The van der Waals surface area contributed by atoms with E-state index >= 15 is 0 Å². The highest BCUT2D eigenvalue weighted by Gasteiger charge is 2.19. The SMILES string of the molecule is O=C(NCC(CO)n1ccc(-c2ccccc2)n1)N1CCCC1. The standard InChI is InChI=1S/C17H22N4O2/c22-13-15(12-18-17(23)20-9-4-5-10-20)21-11-8-16(19-21)14-6-2-1-3-7-14/h1-3,6-8,11,15,22H,4-5,9-10,12-13H2,(H,18,23). The van der Waals surface area contributed by atoms with Crippen LogP contribution in [0.25, 0.3) is 11.3 Å². The maximum atomic E-state index is 12.0. The molecule has 1 unspecified atom stereocenters. The van der Waals surface area contributed by atoms with Gasteiger partial charge in [-0.3, -0.25) is 4.68 Å². The van der Waals surface area contributed by atoms with Gasteiger partial charge in [0.05, 0.1) is 18.3 Å². The first-order valence-electron chi connectivity index (χ1n) is 8.02. The van der Waals surface area contributed by atoms with Gasteiger partial charge in [-0.05, 0) is 18.9 Å². The summed E-state index contributed by atoms with van der Waals surface area (Å²) < 4.78 is 1.71. The number of urea groups is 1. The number of nitrogens with one attached hydrogen (secondary N) is 1. The molecule has 0 aliphatic carbocycles. The van der Waals surface area contributed by atoms with Crippen LogP contribution in [0.5, 0.6) is 0 Å². The van der Waals surface area contributed by atoms with Crippen molar-refractivity contribution < 1.29 is 9.90 Å². The number of aromatic nitrogens is 2. The molecule has 6 heteroatoms. The smallest absolute Gasteiger partial charge is 0.317 e. The normalized spacial score (nSPS) is 15.6. The Hall–Kier alpha value is -2.34. The number of carbonyl (C=O) groups is 1. The van der Waals surface area contributed by atoms with E-state index in [0.29, 0.717) is 6.54 Å². The number of carbonyl (C=O) groups excluding carboxylic acids is 1. The van der Waals surface area contributed by atoms with Crippen LogP contribution < -0.4 is 5.32 Å². The van der Waals surface area contributed by atoms with Gasteiger partial charge in [0.15, 0.2) is 0 Å². The average molecular weight is 314 g/mol. The van der Waals surface area contributed by atoms with E-state index in [1.807, 2.05) is 47.5 Å². The molecule has 23 heavy (non-hydrogen) atoms. The van der Waals surface area contributed by atoms with Crippen LogP contribution in [0.4, 0.5) is 4.79 Å². The number of aliphatic hydroxyl groups excluding tert-OH is 1. The van der Waals surface area contributed by atoms with Crippen LogP contribution in [-0.4, -0.2) is 52.1 Å². The van der Waals surface area contributed by atoms with E-state index in [4.69, 9.17) is 0 Å². The van der Waals surface area contributed by atoms with Crippen molar-refractivity contribution in [3.8, 4) is 11.3 Å². The van der Waals surface area contributed by atoms with Crippen molar-refractivity contribution in [2.75, 3.05) is 26.2 Å². The van der Waals surface area contributed by atoms with Crippen molar-refractivity contribution in [3.63, 3.8) is 0 Å². The molecule has 0 radical (unpaired) electrons. The van der Waals surface area contributed by atoms with Gasteiger partial charge in [0.2, 0.25) is 0 Å². The van der Waals surface area contributed by atoms with Crippen LogP contribution in [0.15, 0.2) is 42.6 Å². The molecule has 2 heterocycles. The third-order valence-electron chi connectivity index (χ3n) is 4.14. The Morgan fingerprint density at radius 3 is 2.65 bits per heavy atom. The van der Waals surface area contributed by atoms with E-state index in [1.165, 1.54) is 0 Å². The van der Waals surface area contributed by atoms with Gasteiger partial charge >= 0.3 is 6.03 Å². The summed E-state index contributed by atoms with van der Waals surface area (Å²) in [6, 6.07) is 11.5. The van der Waals surface area contributed by atoms with Gasteiger partial charge in [0.1, 0.15) is 0 Å². The fourth-order valence-corrected chi connectivity index (χ4v) is 2.78. The molecule has 0 saturated carbocycles. The zero-order valence-corrected chi connectivity index (χ0v) is 13.1. The van der Waals surface area contributed by atoms with E-state index in [9.17, 15) is 9.90 Å². The number of likely N-dealkylation sites (tertiary alicyclic amines) is 1. The van der Waals surface area contributed by atoms with Gasteiger partial charge in [-0.25, -0.2) is 4.79 Å². The molecule has 1 atom stereocenters. The molecule has 2 aromatic rings. The number of rotatable bonds is 5. The van der Waals surface area contributed by atoms with Gasteiger partial charge in [-0.1, -0.05) is 30.3 Å². The summed E-state index contributed by atoms with van der Waals surface area (Å²) in [6.07, 6.45) is 3.97. The van der Waals surface area contributed by atoms with Gasteiger partial charge < -0.3 is 15.3 Å². The van der Waals surface area contributed by atoms with Crippen molar-refractivity contribution in [3.05, 3.63) is 42.6 Å². The zero-order chi connectivity index (χ0) is 16.1. The Kier molecular flexibility index (Phi) is 4.92. The monoisotopic (exact) mass is 314 g/mol. The summed E-state index contributed by atoms with van der Waals surface area (Å²) in [7, 11) is 0. The third kappa shape index (κ3) is 3.71. The zero-order valence-electron chi connectivity index (χ0n) is 13.1. The second-order valence-corrected chi connectivity index (χ2v) is 5.76. The molecule has 1 aromatic heterocycles. The Bertz CT molecular complexity index is 635. The van der Waals surface area contributed by atoms with E-state index in [1.54, 1.807) is 4.68 Å². The number of amides is 2. The number of aliphatic hydroxyl groups is 1.